The number of carbonyl (C=O) groups is 2. The molecule has 1 aromatic carbocycles. The topological polar surface area (TPSA) is 78.9 Å². The van der Waals surface area contributed by atoms with Crippen LogP contribution in [0.1, 0.15) is 18.5 Å². The zero-order valence-electron chi connectivity index (χ0n) is 11.7. The standard InChI is InChI=1S/C14H20N2O4/c1-3-16(9-10-20-2)14(19)15-12(13(17)18)11-7-5-4-6-8-11/h4-8,12H,3,9-10H2,1-2H3,(H,15,19)(H,17,18). The van der Waals surface area contributed by atoms with E-state index in [-0.39, 0.29) is 0 Å². The summed E-state index contributed by atoms with van der Waals surface area (Å²) in [4.78, 5) is 24.9. The third-order valence-electron chi connectivity index (χ3n) is 2.88. The fourth-order valence-corrected chi connectivity index (χ4v) is 1.75. The molecule has 110 valence electrons. The Bertz CT molecular complexity index is 436. The predicted molar refractivity (Wildman–Crippen MR) is 74.5 cm³/mol. The maximum absolute atomic E-state index is 12.1. The molecule has 0 saturated heterocycles. The Hall–Kier alpha value is -2.08. The van der Waals surface area contributed by atoms with Gasteiger partial charge in [-0.15, -0.1) is 0 Å². The Kier molecular flexibility index (Phi) is 6.52. The van der Waals surface area contributed by atoms with Crippen molar-refractivity contribution in [2.24, 2.45) is 0 Å². The highest BCUT2D eigenvalue weighted by Gasteiger charge is 2.23. The van der Waals surface area contributed by atoms with Crippen LogP contribution < -0.4 is 5.32 Å². The van der Waals surface area contributed by atoms with Crippen LogP contribution in [0.4, 0.5) is 4.79 Å². The Morgan fingerprint density at radius 1 is 1.35 bits per heavy atom. The van der Waals surface area contributed by atoms with Crippen LogP contribution in [0.5, 0.6) is 0 Å². The first kappa shape index (κ1) is 16.0. The molecule has 1 aromatic rings. The Morgan fingerprint density at radius 3 is 2.50 bits per heavy atom. The lowest BCUT2D eigenvalue weighted by Crippen LogP contribution is -2.44. The lowest BCUT2D eigenvalue weighted by atomic mass is 10.1. The number of carbonyl (C=O) groups excluding carboxylic acids is 1. The van der Waals surface area contributed by atoms with Crippen molar-refractivity contribution >= 4 is 12.0 Å². The molecule has 1 rings (SSSR count). The summed E-state index contributed by atoms with van der Waals surface area (Å²) < 4.78 is 4.92. The second-order valence-corrected chi connectivity index (χ2v) is 4.20. The van der Waals surface area contributed by atoms with E-state index in [2.05, 4.69) is 5.32 Å². The molecule has 0 aliphatic carbocycles. The maximum Gasteiger partial charge on any atom is 0.330 e. The molecule has 0 aliphatic heterocycles. The fourth-order valence-electron chi connectivity index (χ4n) is 1.75. The van der Waals surface area contributed by atoms with E-state index in [4.69, 9.17) is 4.74 Å². The molecular weight excluding hydrogens is 260 g/mol. The van der Waals surface area contributed by atoms with Gasteiger partial charge in [0.25, 0.3) is 0 Å². The van der Waals surface area contributed by atoms with Crippen LogP contribution >= 0.6 is 0 Å². The van der Waals surface area contributed by atoms with E-state index in [1.54, 1.807) is 37.4 Å². The highest BCUT2D eigenvalue weighted by molar-refractivity contribution is 5.83. The molecule has 0 aromatic heterocycles. The number of likely N-dealkylation sites (N-methyl/N-ethyl adjacent to an activating group) is 1. The first-order chi connectivity index (χ1) is 9.60. The molecular formula is C14H20N2O4. The lowest BCUT2D eigenvalue weighted by Gasteiger charge is -2.23. The fraction of sp³-hybridized carbons (Fsp3) is 0.429. The first-order valence-electron chi connectivity index (χ1n) is 6.42. The van der Waals surface area contributed by atoms with Gasteiger partial charge in [0.2, 0.25) is 0 Å². The SMILES string of the molecule is CCN(CCOC)C(=O)NC(C(=O)O)c1ccccc1. The number of aliphatic carboxylic acids is 1. The molecule has 2 amide bonds. The van der Waals surface area contributed by atoms with E-state index in [1.807, 2.05) is 6.92 Å². The third-order valence-corrected chi connectivity index (χ3v) is 2.88. The Morgan fingerprint density at radius 2 is 2.00 bits per heavy atom. The van der Waals surface area contributed by atoms with E-state index < -0.39 is 18.0 Å². The first-order valence-corrected chi connectivity index (χ1v) is 6.42. The van der Waals surface area contributed by atoms with Gasteiger partial charge in [-0.25, -0.2) is 9.59 Å². The molecule has 0 bridgehead atoms. The van der Waals surface area contributed by atoms with E-state index in [9.17, 15) is 14.7 Å². The average molecular weight is 280 g/mol. The van der Waals surface area contributed by atoms with Gasteiger partial charge in [0.05, 0.1) is 6.61 Å². The summed E-state index contributed by atoms with van der Waals surface area (Å²) in [6.45, 7) is 3.13. The Balaban J connectivity index is 2.75. The number of ether oxygens (including phenoxy) is 1. The molecule has 0 spiro atoms. The van der Waals surface area contributed by atoms with Crippen LogP contribution in [0.2, 0.25) is 0 Å². The molecule has 2 N–H and O–H groups in total. The summed E-state index contributed by atoms with van der Waals surface area (Å²) >= 11 is 0. The number of benzene rings is 1. The number of carboxylic acid groups (broad SMARTS) is 1. The molecule has 0 aliphatic rings. The molecule has 0 radical (unpaired) electrons. The van der Waals surface area contributed by atoms with Crippen LogP contribution in [0.25, 0.3) is 0 Å². The number of hydrogen-bond acceptors (Lipinski definition) is 3. The quantitative estimate of drug-likeness (QED) is 0.793. The van der Waals surface area contributed by atoms with Crippen LogP contribution in [-0.4, -0.2) is 48.8 Å². The molecule has 1 unspecified atom stereocenters. The van der Waals surface area contributed by atoms with Gasteiger partial charge >= 0.3 is 12.0 Å². The summed E-state index contributed by atoms with van der Waals surface area (Å²) in [6.07, 6.45) is 0. The molecule has 1 atom stereocenters. The van der Waals surface area contributed by atoms with Crippen LogP contribution in [0.15, 0.2) is 30.3 Å². The van der Waals surface area contributed by atoms with Gasteiger partial charge in [0.1, 0.15) is 0 Å². The van der Waals surface area contributed by atoms with Gasteiger partial charge in [-0.05, 0) is 12.5 Å². The van der Waals surface area contributed by atoms with Crippen molar-refractivity contribution in [2.75, 3.05) is 26.8 Å². The minimum Gasteiger partial charge on any atom is -0.479 e. The highest BCUT2D eigenvalue weighted by Crippen LogP contribution is 2.13. The van der Waals surface area contributed by atoms with Crippen molar-refractivity contribution in [3.63, 3.8) is 0 Å². The van der Waals surface area contributed by atoms with Crippen molar-refractivity contribution in [2.45, 2.75) is 13.0 Å². The summed E-state index contributed by atoms with van der Waals surface area (Å²) in [5.74, 6) is -1.09. The largest absolute Gasteiger partial charge is 0.479 e. The maximum atomic E-state index is 12.1. The normalized spacial score (nSPS) is 11.7. The summed E-state index contributed by atoms with van der Waals surface area (Å²) in [6, 6.07) is 7.14. The van der Waals surface area contributed by atoms with Crippen LogP contribution in [0, 0.1) is 0 Å². The van der Waals surface area contributed by atoms with Crippen molar-refractivity contribution in [1.82, 2.24) is 10.2 Å². The van der Waals surface area contributed by atoms with E-state index in [0.29, 0.717) is 25.3 Å². The van der Waals surface area contributed by atoms with Gasteiger partial charge in [0.15, 0.2) is 6.04 Å². The lowest BCUT2D eigenvalue weighted by molar-refractivity contribution is -0.139. The number of hydrogen-bond donors (Lipinski definition) is 2. The Labute approximate surface area is 118 Å². The number of carboxylic acids is 1. The van der Waals surface area contributed by atoms with Crippen molar-refractivity contribution < 1.29 is 19.4 Å². The highest BCUT2D eigenvalue weighted by atomic mass is 16.5. The van der Waals surface area contributed by atoms with Crippen molar-refractivity contribution in [3.05, 3.63) is 35.9 Å². The van der Waals surface area contributed by atoms with Gasteiger partial charge in [0, 0.05) is 20.2 Å². The third kappa shape index (κ3) is 4.55. The van der Waals surface area contributed by atoms with Crippen molar-refractivity contribution in [3.8, 4) is 0 Å². The molecule has 6 heteroatoms. The number of nitrogens with zero attached hydrogens (tertiary/aromatic N) is 1. The zero-order valence-corrected chi connectivity index (χ0v) is 11.7. The van der Waals surface area contributed by atoms with Gasteiger partial charge in [-0.1, -0.05) is 30.3 Å². The summed E-state index contributed by atoms with van der Waals surface area (Å²) in [5, 5.41) is 11.8. The minimum absolute atomic E-state index is 0.407. The van der Waals surface area contributed by atoms with Gasteiger partial charge in [-0.3, -0.25) is 0 Å². The van der Waals surface area contributed by atoms with Gasteiger partial charge in [-0.2, -0.15) is 0 Å². The predicted octanol–water partition coefficient (Wildman–Crippen LogP) is 1.49. The molecule has 0 fully saturated rings. The second kappa shape index (κ2) is 8.16. The monoisotopic (exact) mass is 280 g/mol. The van der Waals surface area contributed by atoms with Gasteiger partial charge < -0.3 is 20.1 Å². The van der Waals surface area contributed by atoms with E-state index in [0.717, 1.165) is 0 Å². The minimum atomic E-state index is -1.09. The number of urea groups is 1. The smallest absolute Gasteiger partial charge is 0.330 e. The molecule has 6 nitrogen and oxygen atoms in total. The van der Waals surface area contributed by atoms with Crippen LogP contribution in [0.3, 0.4) is 0 Å². The van der Waals surface area contributed by atoms with E-state index >= 15 is 0 Å². The van der Waals surface area contributed by atoms with Crippen LogP contribution in [-0.2, 0) is 9.53 Å². The molecule has 0 heterocycles. The molecule has 20 heavy (non-hydrogen) atoms. The average Bonchev–Trinajstić information content (AvgIpc) is 2.46. The van der Waals surface area contributed by atoms with E-state index in [1.165, 1.54) is 4.90 Å². The number of rotatable bonds is 7. The molecule has 0 saturated carbocycles. The zero-order chi connectivity index (χ0) is 15.0. The number of methoxy groups -OCH3 is 1. The van der Waals surface area contributed by atoms with Crippen molar-refractivity contribution in [1.29, 1.82) is 0 Å². The number of amides is 2. The number of nitrogens with one attached hydrogen (secondary N) is 1. The summed E-state index contributed by atoms with van der Waals surface area (Å²) in [5.41, 5.74) is 0.538. The second-order valence-electron chi connectivity index (χ2n) is 4.20. The summed E-state index contributed by atoms with van der Waals surface area (Å²) in [7, 11) is 1.55.